The molecule has 1 fully saturated rings. The van der Waals surface area contributed by atoms with Crippen LogP contribution in [-0.2, 0) is 29.0 Å². The van der Waals surface area contributed by atoms with E-state index in [2.05, 4.69) is 15.3 Å². The first-order chi connectivity index (χ1) is 11.2. The Hall–Kier alpha value is -1.69. The van der Waals surface area contributed by atoms with Gasteiger partial charge in [0.25, 0.3) is 0 Å². The van der Waals surface area contributed by atoms with Gasteiger partial charge in [-0.05, 0) is 50.0 Å². The first-order valence-electron chi connectivity index (χ1n) is 8.39. The number of nitrogens with one attached hydrogen (secondary N) is 1. The van der Waals surface area contributed by atoms with Gasteiger partial charge in [0, 0.05) is 18.3 Å². The van der Waals surface area contributed by atoms with Crippen molar-refractivity contribution in [1.29, 1.82) is 0 Å². The van der Waals surface area contributed by atoms with Gasteiger partial charge in [0.1, 0.15) is 10.6 Å². The standard InChI is InChI=1S/C17H21N3O2S/c1-10(21)22-9-14-19-16(18-8-11-6-7-11)15-12-4-2-3-5-13(12)23-17(15)20-14/h11H,2-9H2,1H3,(H,18,19,20). The molecule has 0 unspecified atom stereocenters. The second-order valence-corrected chi connectivity index (χ2v) is 7.57. The number of fused-ring (bicyclic) bond motifs is 3. The zero-order chi connectivity index (χ0) is 15.8. The zero-order valence-electron chi connectivity index (χ0n) is 13.4. The maximum atomic E-state index is 11.1. The Morgan fingerprint density at radius 1 is 1.30 bits per heavy atom. The van der Waals surface area contributed by atoms with E-state index < -0.39 is 0 Å². The normalized spacial score (nSPS) is 17.1. The number of nitrogens with zero attached hydrogens (tertiary/aromatic N) is 2. The molecule has 5 nitrogen and oxygen atoms in total. The average molecular weight is 331 g/mol. The van der Waals surface area contributed by atoms with Crippen molar-refractivity contribution in [3.63, 3.8) is 0 Å². The highest BCUT2D eigenvalue weighted by atomic mass is 32.1. The van der Waals surface area contributed by atoms with Gasteiger partial charge >= 0.3 is 5.97 Å². The molecule has 0 amide bonds. The van der Waals surface area contributed by atoms with Crippen molar-refractivity contribution >= 4 is 33.3 Å². The molecule has 2 aromatic heterocycles. The highest BCUT2D eigenvalue weighted by Crippen LogP contribution is 2.39. The predicted molar refractivity (Wildman–Crippen MR) is 90.7 cm³/mol. The van der Waals surface area contributed by atoms with Gasteiger partial charge in [-0.3, -0.25) is 4.79 Å². The van der Waals surface area contributed by atoms with Crippen molar-refractivity contribution in [2.24, 2.45) is 5.92 Å². The molecule has 1 N–H and O–H groups in total. The topological polar surface area (TPSA) is 64.1 Å². The van der Waals surface area contributed by atoms with E-state index in [1.165, 1.54) is 48.4 Å². The summed E-state index contributed by atoms with van der Waals surface area (Å²) in [6.45, 7) is 2.53. The molecule has 0 spiro atoms. The summed E-state index contributed by atoms with van der Waals surface area (Å²) < 4.78 is 5.08. The first-order valence-corrected chi connectivity index (χ1v) is 9.21. The molecule has 1 saturated carbocycles. The molecule has 0 bridgehead atoms. The molecule has 6 heteroatoms. The fourth-order valence-electron chi connectivity index (χ4n) is 3.12. The minimum absolute atomic E-state index is 0.145. The van der Waals surface area contributed by atoms with E-state index in [1.807, 2.05) is 0 Å². The highest BCUT2D eigenvalue weighted by molar-refractivity contribution is 7.19. The molecule has 0 radical (unpaired) electrons. The second-order valence-electron chi connectivity index (χ2n) is 6.48. The molecule has 2 aliphatic rings. The van der Waals surface area contributed by atoms with Gasteiger partial charge in [0.2, 0.25) is 0 Å². The Balaban J connectivity index is 1.72. The third-order valence-corrected chi connectivity index (χ3v) is 5.71. The van der Waals surface area contributed by atoms with Crippen LogP contribution >= 0.6 is 11.3 Å². The van der Waals surface area contributed by atoms with E-state index in [9.17, 15) is 4.79 Å². The quantitative estimate of drug-likeness (QED) is 0.850. The minimum atomic E-state index is -0.299. The molecule has 23 heavy (non-hydrogen) atoms. The van der Waals surface area contributed by atoms with Crippen LogP contribution in [-0.4, -0.2) is 22.5 Å². The van der Waals surface area contributed by atoms with Crippen LogP contribution in [0.1, 0.15) is 48.9 Å². The summed E-state index contributed by atoms with van der Waals surface area (Å²) in [6.07, 6.45) is 7.40. The van der Waals surface area contributed by atoms with Crippen molar-refractivity contribution in [1.82, 2.24) is 9.97 Å². The summed E-state index contributed by atoms with van der Waals surface area (Å²) in [6, 6.07) is 0. The summed E-state index contributed by atoms with van der Waals surface area (Å²) in [5, 5.41) is 4.73. The Morgan fingerprint density at radius 3 is 2.91 bits per heavy atom. The first kappa shape index (κ1) is 14.9. The fourth-order valence-corrected chi connectivity index (χ4v) is 4.40. The van der Waals surface area contributed by atoms with Crippen LogP contribution in [0.15, 0.2) is 0 Å². The Kier molecular flexibility index (Phi) is 3.93. The number of ether oxygens (including phenoxy) is 1. The second kappa shape index (κ2) is 6.07. The van der Waals surface area contributed by atoms with Crippen LogP contribution in [0.3, 0.4) is 0 Å². The lowest BCUT2D eigenvalue weighted by molar-refractivity contribution is -0.142. The number of hydrogen-bond donors (Lipinski definition) is 1. The van der Waals surface area contributed by atoms with Crippen LogP contribution in [0.5, 0.6) is 0 Å². The van der Waals surface area contributed by atoms with Gasteiger partial charge in [0.15, 0.2) is 12.4 Å². The third-order valence-electron chi connectivity index (χ3n) is 4.52. The highest BCUT2D eigenvalue weighted by Gasteiger charge is 2.24. The fraction of sp³-hybridized carbons (Fsp3) is 0.588. The third kappa shape index (κ3) is 3.17. The van der Waals surface area contributed by atoms with Gasteiger partial charge in [-0.1, -0.05) is 0 Å². The Morgan fingerprint density at radius 2 is 2.13 bits per heavy atom. The number of carbonyl (C=O) groups excluding carboxylic acids is 1. The number of hydrogen-bond acceptors (Lipinski definition) is 6. The number of carbonyl (C=O) groups is 1. The molecule has 0 aliphatic heterocycles. The molecule has 2 aliphatic carbocycles. The van der Waals surface area contributed by atoms with E-state index >= 15 is 0 Å². The van der Waals surface area contributed by atoms with Crippen LogP contribution in [0.2, 0.25) is 0 Å². The number of esters is 1. The van der Waals surface area contributed by atoms with Gasteiger partial charge < -0.3 is 10.1 Å². The Bertz CT molecular complexity index is 752. The molecule has 0 aromatic carbocycles. The SMILES string of the molecule is CC(=O)OCc1nc(NCC2CC2)c2c3c(sc2n1)CCCC3. The molecule has 0 atom stereocenters. The van der Waals surface area contributed by atoms with Crippen molar-refractivity contribution in [2.45, 2.75) is 52.1 Å². The smallest absolute Gasteiger partial charge is 0.303 e. The summed E-state index contributed by atoms with van der Waals surface area (Å²) >= 11 is 1.78. The van der Waals surface area contributed by atoms with E-state index in [1.54, 1.807) is 11.3 Å². The summed E-state index contributed by atoms with van der Waals surface area (Å²) in [5.74, 6) is 2.01. The lowest BCUT2D eigenvalue weighted by Crippen LogP contribution is -2.10. The molecule has 122 valence electrons. The molecule has 2 heterocycles. The van der Waals surface area contributed by atoms with Gasteiger partial charge in [-0.15, -0.1) is 11.3 Å². The molecular formula is C17H21N3O2S. The van der Waals surface area contributed by atoms with Gasteiger partial charge in [-0.2, -0.15) is 0 Å². The monoisotopic (exact) mass is 331 g/mol. The summed E-state index contributed by atoms with van der Waals surface area (Å²) in [4.78, 5) is 22.9. The number of rotatable bonds is 5. The predicted octanol–water partition coefficient (Wildman–Crippen LogP) is 3.46. The largest absolute Gasteiger partial charge is 0.458 e. The number of aryl methyl sites for hydroxylation is 2. The van der Waals surface area contributed by atoms with E-state index in [0.29, 0.717) is 5.82 Å². The van der Waals surface area contributed by atoms with E-state index in [4.69, 9.17) is 4.74 Å². The average Bonchev–Trinajstić information content (AvgIpc) is 3.29. The molecule has 4 rings (SSSR count). The zero-order valence-corrected chi connectivity index (χ0v) is 14.2. The maximum absolute atomic E-state index is 11.1. The minimum Gasteiger partial charge on any atom is -0.458 e. The van der Waals surface area contributed by atoms with Crippen LogP contribution < -0.4 is 5.32 Å². The van der Waals surface area contributed by atoms with Crippen molar-refractivity contribution in [2.75, 3.05) is 11.9 Å². The molecule has 2 aromatic rings. The maximum Gasteiger partial charge on any atom is 0.303 e. The summed E-state index contributed by atoms with van der Waals surface area (Å²) in [7, 11) is 0. The van der Waals surface area contributed by atoms with Crippen LogP contribution in [0, 0.1) is 5.92 Å². The number of anilines is 1. The van der Waals surface area contributed by atoms with Gasteiger partial charge in [-0.25, -0.2) is 9.97 Å². The summed E-state index contributed by atoms with van der Waals surface area (Å²) in [5.41, 5.74) is 1.44. The lowest BCUT2D eigenvalue weighted by atomic mass is 9.97. The molecule has 0 saturated heterocycles. The molecular weight excluding hydrogens is 310 g/mol. The lowest BCUT2D eigenvalue weighted by Gasteiger charge is -2.13. The Labute approximate surface area is 139 Å². The van der Waals surface area contributed by atoms with Gasteiger partial charge in [0.05, 0.1) is 5.39 Å². The number of thiophene rings is 1. The van der Waals surface area contributed by atoms with Crippen molar-refractivity contribution in [3.8, 4) is 0 Å². The van der Waals surface area contributed by atoms with Crippen molar-refractivity contribution < 1.29 is 9.53 Å². The van der Waals surface area contributed by atoms with Crippen LogP contribution in [0.25, 0.3) is 10.2 Å². The van der Waals surface area contributed by atoms with E-state index in [-0.39, 0.29) is 12.6 Å². The number of aromatic nitrogens is 2. The van der Waals surface area contributed by atoms with E-state index in [0.717, 1.165) is 36.0 Å². The van der Waals surface area contributed by atoms with Crippen molar-refractivity contribution in [3.05, 3.63) is 16.3 Å². The van der Waals surface area contributed by atoms with Crippen LogP contribution in [0.4, 0.5) is 5.82 Å².